The predicted octanol–water partition coefficient (Wildman–Crippen LogP) is 5.29. The summed E-state index contributed by atoms with van der Waals surface area (Å²) in [5, 5.41) is 0. The summed E-state index contributed by atoms with van der Waals surface area (Å²) in [5.41, 5.74) is 1.39. The minimum atomic E-state index is -1.09. The van der Waals surface area contributed by atoms with Crippen molar-refractivity contribution in [3.8, 4) is 0 Å². The minimum Gasteiger partial charge on any atom is -0.462 e. The van der Waals surface area contributed by atoms with Gasteiger partial charge in [-0.1, -0.05) is 67.2 Å². The van der Waals surface area contributed by atoms with E-state index in [1.54, 1.807) is 66.7 Å². The van der Waals surface area contributed by atoms with Crippen molar-refractivity contribution in [2.24, 2.45) is 0 Å². The first-order valence-electron chi connectivity index (χ1n) is 9.95. The van der Waals surface area contributed by atoms with Crippen LogP contribution in [-0.4, -0.2) is 30.1 Å². The average molecular weight is 447 g/mol. The van der Waals surface area contributed by atoms with Crippen molar-refractivity contribution in [1.29, 1.82) is 0 Å². The molecule has 3 rings (SSSR count). The Balaban J connectivity index is 1.81. The number of thioether (sulfide) groups is 1. The minimum absolute atomic E-state index is 0.231. The second kappa shape index (κ2) is 11.7. The maximum atomic E-state index is 13.2. The fraction of sp³-hybridized carbons (Fsp3) is 0.115. The first-order chi connectivity index (χ1) is 15.6. The zero-order valence-electron chi connectivity index (χ0n) is 17.3. The fourth-order valence-corrected chi connectivity index (χ4v) is 3.70. The van der Waals surface area contributed by atoms with Crippen LogP contribution < -0.4 is 0 Å². The molecule has 0 saturated heterocycles. The highest BCUT2D eigenvalue weighted by Crippen LogP contribution is 2.28. The highest BCUT2D eigenvalue weighted by molar-refractivity contribution is 7.99. The molecule has 0 amide bonds. The Kier molecular flexibility index (Phi) is 8.40. The van der Waals surface area contributed by atoms with Gasteiger partial charge in [-0.25, -0.2) is 9.59 Å². The van der Waals surface area contributed by atoms with Gasteiger partial charge in [-0.3, -0.25) is 4.79 Å². The third-order valence-corrected chi connectivity index (χ3v) is 5.41. The molecule has 5 nitrogen and oxygen atoms in total. The van der Waals surface area contributed by atoms with E-state index in [-0.39, 0.29) is 12.4 Å². The van der Waals surface area contributed by atoms with E-state index in [2.05, 4.69) is 6.58 Å². The van der Waals surface area contributed by atoms with Crippen LogP contribution in [0.25, 0.3) is 0 Å². The number of ketones is 1. The molecule has 32 heavy (non-hydrogen) atoms. The number of benzene rings is 3. The van der Waals surface area contributed by atoms with E-state index in [9.17, 15) is 14.4 Å². The molecule has 1 atom stereocenters. The highest BCUT2D eigenvalue weighted by Gasteiger charge is 2.27. The fourth-order valence-electron chi connectivity index (χ4n) is 2.90. The van der Waals surface area contributed by atoms with Crippen LogP contribution in [0.4, 0.5) is 0 Å². The SMILES string of the molecule is C=CC(=O)OCCSc1cccc(C(OC(=O)c2ccccc2)C(=O)c2ccccc2)c1. The van der Waals surface area contributed by atoms with Crippen molar-refractivity contribution < 1.29 is 23.9 Å². The summed E-state index contributed by atoms with van der Waals surface area (Å²) in [6.07, 6.45) is 0.0239. The molecule has 0 aliphatic rings. The number of esters is 2. The molecule has 0 N–H and O–H groups in total. The quantitative estimate of drug-likeness (QED) is 0.139. The summed E-state index contributed by atoms with van der Waals surface area (Å²) in [7, 11) is 0. The van der Waals surface area contributed by atoms with Gasteiger partial charge < -0.3 is 9.47 Å². The Morgan fingerprint density at radius 2 is 1.53 bits per heavy atom. The summed E-state index contributed by atoms with van der Waals surface area (Å²) in [6.45, 7) is 3.59. The molecule has 0 saturated carbocycles. The molecule has 0 aliphatic carbocycles. The van der Waals surface area contributed by atoms with Crippen LogP contribution in [-0.2, 0) is 14.3 Å². The second-order valence-electron chi connectivity index (χ2n) is 6.67. The maximum absolute atomic E-state index is 13.2. The zero-order valence-corrected chi connectivity index (χ0v) is 18.1. The van der Waals surface area contributed by atoms with Crippen LogP contribution in [0.1, 0.15) is 32.4 Å². The summed E-state index contributed by atoms with van der Waals surface area (Å²) < 4.78 is 10.7. The lowest BCUT2D eigenvalue weighted by molar-refractivity contribution is -0.137. The summed E-state index contributed by atoms with van der Waals surface area (Å²) >= 11 is 1.46. The number of carbonyl (C=O) groups is 3. The van der Waals surface area contributed by atoms with Gasteiger partial charge in [-0.2, -0.15) is 0 Å². The van der Waals surface area contributed by atoms with Gasteiger partial charge in [-0.05, 0) is 24.3 Å². The van der Waals surface area contributed by atoms with Gasteiger partial charge in [-0.15, -0.1) is 11.8 Å². The van der Waals surface area contributed by atoms with E-state index in [4.69, 9.17) is 9.47 Å². The summed E-state index contributed by atoms with van der Waals surface area (Å²) in [5.74, 6) is -0.823. The molecular formula is C26H22O5S. The van der Waals surface area contributed by atoms with Crippen LogP contribution in [0.5, 0.6) is 0 Å². The molecule has 6 heteroatoms. The van der Waals surface area contributed by atoms with Gasteiger partial charge in [0.1, 0.15) is 6.61 Å². The van der Waals surface area contributed by atoms with E-state index >= 15 is 0 Å². The number of hydrogen-bond acceptors (Lipinski definition) is 6. The summed E-state index contributed by atoms with van der Waals surface area (Å²) in [6, 6.07) is 24.5. The molecule has 0 heterocycles. The van der Waals surface area contributed by atoms with Crippen LogP contribution in [0.15, 0.2) is 102 Å². The second-order valence-corrected chi connectivity index (χ2v) is 7.84. The lowest BCUT2D eigenvalue weighted by atomic mass is 9.99. The van der Waals surface area contributed by atoms with Crippen LogP contribution in [0.3, 0.4) is 0 Å². The largest absolute Gasteiger partial charge is 0.462 e. The number of rotatable bonds is 10. The lowest BCUT2D eigenvalue weighted by Gasteiger charge is -2.18. The maximum Gasteiger partial charge on any atom is 0.339 e. The van der Waals surface area contributed by atoms with Gasteiger partial charge in [0, 0.05) is 27.9 Å². The highest BCUT2D eigenvalue weighted by atomic mass is 32.2. The molecule has 162 valence electrons. The third-order valence-electron chi connectivity index (χ3n) is 4.45. The van der Waals surface area contributed by atoms with Gasteiger partial charge >= 0.3 is 11.9 Å². The molecule has 0 spiro atoms. The monoisotopic (exact) mass is 446 g/mol. The van der Waals surface area contributed by atoms with Crippen molar-refractivity contribution >= 4 is 29.5 Å². The van der Waals surface area contributed by atoms with Gasteiger partial charge in [0.15, 0.2) is 6.10 Å². The van der Waals surface area contributed by atoms with E-state index in [0.717, 1.165) is 11.0 Å². The first kappa shape index (κ1) is 23.0. The Morgan fingerprint density at radius 3 is 2.19 bits per heavy atom. The Hall–Kier alpha value is -3.64. The zero-order chi connectivity index (χ0) is 22.8. The molecule has 0 aromatic heterocycles. The summed E-state index contributed by atoms with van der Waals surface area (Å²) in [4.78, 5) is 38.0. The molecule has 1 unspecified atom stereocenters. The van der Waals surface area contributed by atoms with Crippen molar-refractivity contribution in [2.75, 3.05) is 12.4 Å². The first-order valence-corrected chi connectivity index (χ1v) is 10.9. The van der Waals surface area contributed by atoms with Gasteiger partial charge in [0.25, 0.3) is 0 Å². The van der Waals surface area contributed by atoms with Crippen molar-refractivity contribution in [3.63, 3.8) is 0 Å². The molecule has 0 radical (unpaired) electrons. The van der Waals surface area contributed by atoms with Crippen LogP contribution in [0, 0.1) is 0 Å². The molecule has 0 fully saturated rings. The molecule has 0 aliphatic heterocycles. The van der Waals surface area contributed by atoms with Crippen molar-refractivity contribution in [3.05, 3.63) is 114 Å². The lowest BCUT2D eigenvalue weighted by Crippen LogP contribution is -2.20. The van der Waals surface area contributed by atoms with E-state index in [1.165, 1.54) is 11.8 Å². The Labute approximate surface area is 191 Å². The molecule has 0 bridgehead atoms. The van der Waals surface area contributed by atoms with Gasteiger partial charge in [0.2, 0.25) is 5.78 Å². The number of carbonyl (C=O) groups excluding carboxylic acids is 3. The van der Waals surface area contributed by atoms with Crippen LogP contribution >= 0.6 is 11.8 Å². The van der Waals surface area contributed by atoms with Gasteiger partial charge in [0.05, 0.1) is 5.56 Å². The van der Waals surface area contributed by atoms with Crippen molar-refractivity contribution in [2.45, 2.75) is 11.0 Å². The number of Topliss-reactive ketones (excluding diaryl/α,β-unsaturated/α-hetero) is 1. The average Bonchev–Trinajstić information content (AvgIpc) is 2.85. The smallest absolute Gasteiger partial charge is 0.339 e. The predicted molar refractivity (Wildman–Crippen MR) is 124 cm³/mol. The van der Waals surface area contributed by atoms with E-state index in [1.807, 2.05) is 18.2 Å². The number of ether oxygens (including phenoxy) is 2. The van der Waals surface area contributed by atoms with Crippen molar-refractivity contribution in [1.82, 2.24) is 0 Å². The normalized spacial score (nSPS) is 11.2. The Bertz CT molecular complexity index is 1080. The molecule has 3 aromatic carbocycles. The van der Waals surface area contributed by atoms with Crippen LogP contribution in [0.2, 0.25) is 0 Å². The number of hydrogen-bond donors (Lipinski definition) is 0. The Morgan fingerprint density at radius 1 is 0.875 bits per heavy atom. The topological polar surface area (TPSA) is 69.7 Å². The standard InChI is InChI=1S/C26H22O5S/c1-2-23(27)30-16-17-32-22-15-9-14-21(18-22)25(24(28)19-10-5-3-6-11-19)31-26(29)20-12-7-4-8-13-20/h2-15,18,25H,1,16-17H2. The van der Waals surface area contributed by atoms with E-state index < -0.39 is 18.0 Å². The molecule has 3 aromatic rings. The van der Waals surface area contributed by atoms with E-state index in [0.29, 0.717) is 22.4 Å². The third kappa shape index (κ3) is 6.43. The molecular weight excluding hydrogens is 424 g/mol.